The van der Waals surface area contributed by atoms with Crippen LogP contribution in [0.5, 0.6) is 0 Å². The van der Waals surface area contributed by atoms with Crippen molar-refractivity contribution in [1.82, 2.24) is 9.97 Å². The molecule has 0 N–H and O–H groups in total. The van der Waals surface area contributed by atoms with Crippen molar-refractivity contribution < 1.29 is 33.3 Å². The minimum Gasteiger partial charge on any atom is -0.304 e. The first-order valence-corrected chi connectivity index (χ1v) is 18.9. The molecule has 0 saturated heterocycles. The largest absolute Gasteiger partial charge is 0.304 e. The van der Waals surface area contributed by atoms with Crippen molar-refractivity contribution in [3.05, 3.63) is 217 Å². The third kappa shape index (κ3) is 8.19. The average molecular weight is 947 g/mol. The Hall–Kier alpha value is -6.72. The molecule has 59 heavy (non-hydrogen) atoms. The van der Waals surface area contributed by atoms with Crippen LogP contribution in [-0.4, -0.2) is 9.97 Å². The molecule has 0 aliphatic heterocycles. The van der Waals surface area contributed by atoms with Gasteiger partial charge in [0.25, 0.3) is 0 Å². The molecule has 6 heteroatoms. The molecular formula is C53H33F3IrN2-2. The Kier molecular flexibility index (Phi) is 11.3. The first-order chi connectivity index (χ1) is 28.4. The van der Waals surface area contributed by atoms with Gasteiger partial charge in [0.1, 0.15) is 5.82 Å². The zero-order valence-electron chi connectivity index (χ0n) is 31.7. The molecule has 0 fully saturated rings. The third-order valence-corrected chi connectivity index (χ3v) is 10.3. The molecule has 0 saturated carbocycles. The van der Waals surface area contributed by atoms with E-state index in [9.17, 15) is 13.2 Å². The molecule has 9 rings (SSSR count). The van der Waals surface area contributed by atoms with E-state index >= 15 is 0 Å². The van der Waals surface area contributed by atoms with E-state index in [2.05, 4.69) is 96.8 Å². The predicted molar refractivity (Wildman–Crippen MR) is 228 cm³/mol. The fraction of sp³-hybridized carbons (Fsp3) is 0.0189. The van der Waals surface area contributed by atoms with Gasteiger partial charge in [0.05, 0.1) is 0 Å². The quantitative estimate of drug-likeness (QED) is 0.142. The fourth-order valence-corrected chi connectivity index (χ4v) is 7.49. The number of benzene rings is 7. The average Bonchev–Trinajstić information content (AvgIpc) is 3.27. The molecule has 0 amide bonds. The van der Waals surface area contributed by atoms with Gasteiger partial charge in [0.2, 0.25) is 0 Å². The summed E-state index contributed by atoms with van der Waals surface area (Å²) in [6, 6.07) is 59.6. The van der Waals surface area contributed by atoms with Crippen molar-refractivity contribution in [2.75, 3.05) is 0 Å². The molecule has 1 radical (unpaired) electrons. The van der Waals surface area contributed by atoms with E-state index < -0.39 is 17.5 Å². The molecule has 2 nitrogen and oxygen atoms in total. The molecule has 0 aliphatic rings. The number of hydrogen-bond donors (Lipinski definition) is 0. The number of rotatable bonds is 8. The normalized spacial score (nSPS) is 10.9. The summed E-state index contributed by atoms with van der Waals surface area (Å²) in [5.41, 5.74) is 14.5. The van der Waals surface area contributed by atoms with Crippen molar-refractivity contribution in [2.45, 2.75) is 6.92 Å². The summed E-state index contributed by atoms with van der Waals surface area (Å²) >= 11 is 0. The molecule has 0 spiro atoms. The number of halogens is 3. The van der Waals surface area contributed by atoms with Crippen LogP contribution in [0.15, 0.2) is 182 Å². The summed E-state index contributed by atoms with van der Waals surface area (Å²) in [5, 5.41) is 0. The second-order valence-corrected chi connectivity index (χ2v) is 14.1. The van der Waals surface area contributed by atoms with Crippen LogP contribution in [-0.2, 0) is 20.1 Å². The molecule has 0 bridgehead atoms. The zero-order chi connectivity index (χ0) is 39.6. The Morgan fingerprint density at radius 1 is 0.424 bits per heavy atom. The summed E-state index contributed by atoms with van der Waals surface area (Å²) in [6.45, 7) is 2.05. The summed E-state index contributed by atoms with van der Waals surface area (Å²) in [7, 11) is 0. The number of aryl methyl sites for hydroxylation is 1. The van der Waals surface area contributed by atoms with Gasteiger partial charge in [-0.05, 0) is 103 Å². The van der Waals surface area contributed by atoms with E-state index in [0.717, 1.165) is 84.6 Å². The molecule has 2 heterocycles. The molecule has 2 aromatic heterocycles. The van der Waals surface area contributed by atoms with Crippen LogP contribution in [0.2, 0.25) is 0 Å². The molecule has 287 valence electrons. The second-order valence-electron chi connectivity index (χ2n) is 14.1. The third-order valence-electron chi connectivity index (χ3n) is 10.3. The summed E-state index contributed by atoms with van der Waals surface area (Å²) < 4.78 is 43.1. The minimum absolute atomic E-state index is 0. The van der Waals surface area contributed by atoms with E-state index in [1.54, 1.807) is 24.4 Å². The van der Waals surface area contributed by atoms with E-state index in [1.165, 1.54) is 12.1 Å². The van der Waals surface area contributed by atoms with Crippen LogP contribution in [0.25, 0.3) is 89.3 Å². The number of hydrogen-bond acceptors (Lipinski definition) is 2. The van der Waals surface area contributed by atoms with E-state index in [0.29, 0.717) is 16.8 Å². The topological polar surface area (TPSA) is 25.8 Å². The number of pyridine rings is 2. The Morgan fingerprint density at radius 3 is 1.78 bits per heavy atom. The van der Waals surface area contributed by atoms with Gasteiger partial charge in [0, 0.05) is 49.7 Å². The number of nitrogens with zero attached hydrogens (tertiary/aromatic N) is 2. The van der Waals surface area contributed by atoms with E-state index in [-0.39, 0.29) is 25.7 Å². The smallest absolute Gasteiger partial charge is 0.123 e. The Balaban J connectivity index is 0.00000484. The van der Waals surface area contributed by atoms with Crippen molar-refractivity contribution >= 4 is 0 Å². The van der Waals surface area contributed by atoms with Crippen molar-refractivity contribution in [3.63, 3.8) is 0 Å². The van der Waals surface area contributed by atoms with Gasteiger partial charge in [-0.25, -0.2) is 4.39 Å². The van der Waals surface area contributed by atoms with Gasteiger partial charge in [0.15, 0.2) is 0 Å². The van der Waals surface area contributed by atoms with Crippen LogP contribution in [0.3, 0.4) is 0 Å². The zero-order valence-corrected chi connectivity index (χ0v) is 34.1. The minimum atomic E-state index is -0.756. The maximum Gasteiger partial charge on any atom is 0.123 e. The molecule has 7 aromatic carbocycles. The number of aromatic nitrogens is 2. The Labute approximate surface area is 355 Å². The predicted octanol–water partition coefficient (Wildman–Crippen LogP) is 14.1. The summed E-state index contributed by atoms with van der Waals surface area (Å²) in [4.78, 5) is 9.43. The van der Waals surface area contributed by atoms with Gasteiger partial charge >= 0.3 is 0 Å². The van der Waals surface area contributed by atoms with Gasteiger partial charge in [-0.3, -0.25) is 8.78 Å². The molecule has 0 unspecified atom stereocenters. The van der Waals surface area contributed by atoms with Crippen molar-refractivity contribution in [1.29, 1.82) is 0 Å². The molecular weight excluding hydrogens is 914 g/mol. The standard InChI is InChI=1S/C53H33F3N2.Ir/c1-34-26-40(28-41(27-34)45-23-21-42(54)29-48(45)39-20-25-52(57-32-39)47-24-22-43(55)30-51(47)56)44-14-8-9-15-46(44)50-33-58-53(38-12-6-3-7-13-38)31-49(50)37-18-16-36(17-19-37)35-10-4-2-5-11-35;/h2-12,14-23,25-33H,1H3;/q-2;. The first kappa shape index (κ1) is 39.1. The Morgan fingerprint density at radius 2 is 1.07 bits per heavy atom. The van der Waals surface area contributed by atoms with Gasteiger partial charge < -0.3 is 9.97 Å². The van der Waals surface area contributed by atoms with Gasteiger partial charge in [-0.2, -0.15) is 0 Å². The molecule has 0 atom stereocenters. The van der Waals surface area contributed by atoms with Gasteiger partial charge in [-0.1, -0.05) is 127 Å². The van der Waals surface area contributed by atoms with Gasteiger partial charge in [-0.15, -0.1) is 48.0 Å². The van der Waals surface area contributed by atoms with Crippen LogP contribution in [0.1, 0.15) is 5.56 Å². The van der Waals surface area contributed by atoms with E-state index in [4.69, 9.17) is 4.98 Å². The summed E-state index contributed by atoms with van der Waals surface area (Å²) in [6.07, 6.45) is 3.53. The van der Waals surface area contributed by atoms with E-state index in [1.807, 2.05) is 60.8 Å². The molecule has 9 aromatic rings. The maximum atomic E-state index is 15.0. The Bertz CT molecular complexity index is 2910. The van der Waals surface area contributed by atoms with Crippen LogP contribution >= 0.6 is 0 Å². The molecule has 0 aliphatic carbocycles. The van der Waals surface area contributed by atoms with Crippen LogP contribution in [0, 0.1) is 36.5 Å². The van der Waals surface area contributed by atoms with Crippen molar-refractivity contribution in [3.8, 4) is 89.3 Å². The second kappa shape index (κ2) is 17.0. The van der Waals surface area contributed by atoms with Crippen molar-refractivity contribution in [2.24, 2.45) is 0 Å². The fourth-order valence-electron chi connectivity index (χ4n) is 7.49. The summed E-state index contributed by atoms with van der Waals surface area (Å²) in [5.74, 6) is -1.87. The van der Waals surface area contributed by atoms with Crippen LogP contribution < -0.4 is 0 Å². The SMILES string of the molecule is Cc1cc(-c2ccc(F)cc2-c2ccc(-c3[c-]cc(F)cc3F)nc2)cc(-c2ccccc2-c2cnc(-c3[c-]cccc3)cc2-c2ccc(-c3ccccc3)cc2)c1.[Ir]. The maximum absolute atomic E-state index is 15.0. The monoisotopic (exact) mass is 947 g/mol. The first-order valence-electron chi connectivity index (χ1n) is 18.9. The van der Waals surface area contributed by atoms with Crippen LogP contribution in [0.4, 0.5) is 13.2 Å².